The smallest absolute Gasteiger partial charge is 0.416 e. The predicted molar refractivity (Wildman–Crippen MR) is 126 cm³/mol. The van der Waals surface area contributed by atoms with Gasteiger partial charge in [0.05, 0.1) is 34.3 Å². The van der Waals surface area contributed by atoms with E-state index in [9.17, 15) is 31.1 Å². The predicted octanol–water partition coefficient (Wildman–Crippen LogP) is 6.67. The molecule has 0 spiro atoms. The number of alkyl halides is 6. The van der Waals surface area contributed by atoms with Crippen LogP contribution < -0.4 is 9.64 Å². The summed E-state index contributed by atoms with van der Waals surface area (Å²) in [4.78, 5) is 22.9. The maximum Gasteiger partial charge on any atom is 0.416 e. The molecule has 2 heterocycles. The van der Waals surface area contributed by atoms with E-state index in [0.29, 0.717) is 47.7 Å². The average Bonchev–Trinajstić information content (AvgIpc) is 3.50. The second kappa shape index (κ2) is 10.4. The summed E-state index contributed by atoms with van der Waals surface area (Å²) in [6.45, 7) is 2.65. The average molecular weight is 543 g/mol. The Hall–Kier alpha value is -3.61. The molecule has 0 bridgehead atoms. The first-order valence-electron chi connectivity index (χ1n) is 11.1. The number of carbonyl (C=O) groups is 1. The highest BCUT2D eigenvalue weighted by molar-refractivity contribution is 7.22. The third-order valence-electron chi connectivity index (χ3n) is 5.33. The fourth-order valence-corrected chi connectivity index (χ4v) is 4.63. The van der Waals surface area contributed by atoms with E-state index in [1.165, 1.54) is 0 Å². The summed E-state index contributed by atoms with van der Waals surface area (Å²) < 4.78 is 88.3. The van der Waals surface area contributed by atoms with Crippen LogP contribution in [0.2, 0.25) is 0 Å². The molecule has 0 aliphatic heterocycles. The lowest BCUT2D eigenvalue weighted by Crippen LogP contribution is -2.33. The summed E-state index contributed by atoms with van der Waals surface area (Å²) in [5.74, 6) is -0.456. The Morgan fingerprint density at radius 1 is 1.05 bits per heavy atom. The minimum atomic E-state index is -5.08. The maximum atomic E-state index is 13.5. The van der Waals surface area contributed by atoms with Crippen LogP contribution in [0.1, 0.15) is 34.8 Å². The number of carbonyl (C=O) groups excluding carboxylic acids is 1. The number of aryl methyl sites for hydroxylation is 1. The fraction of sp³-hybridized carbons (Fsp3) is 0.292. The quantitative estimate of drug-likeness (QED) is 0.234. The number of amides is 1. The van der Waals surface area contributed by atoms with E-state index in [2.05, 4.69) is 9.97 Å². The largest absolute Gasteiger partial charge is 0.494 e. The molecule has 4 rings (SSSR count). The molecule has 196 valence electrons. The maximum absolute atomic E-state index is 13.5. The van der Waals surface area contributed by atoms with Crippen LogP contribution >= 0.6 is 11.3 Å². The fourth-order valence-electron chi connectivity index (χ4n) is 3.61. The molecule has 2 aromatic heterocycles. The van der Waals surface area contributed by atoms with Crippen LogP contribution in [-0.2, 0) is 18.9 Å². The number of halogens is 6. The van der Waals surface area contributed by atoms with Crippen LogP contribution in [0.3, 0.4) is 0 Å². The molecule has 13 heteroatoms. The number of thiazole rings is 1. The van der Waals surface area contributed by atoms with E-state index < -0.39 is 35.0 Å². The Balaban J connectivity index is 1.74. The van der Waals surface area contributed by atoms with Crippen molar-refractivity contribution in [3.8, 4) is 5.75 Å². The molecule has 1 amide bonds. The zero-order chi connectivity index (χ0) is 26.8. The Morgan fingerprint density at radius 2 is 1.76 bits per heavy atom. The molecule has 0 aliphatic rings. The molecule has 0 radical (unpaired) electrons. The Morgan fingerprint density at radius 3 is 2.35 bits per heavy atom. The van der Waals surface area contributed by atoms with Crippen molar-refractivity contribution in [2.75, 3.05) is 18.1 Å². The molecular weight excluding hydrogens is 522 g/mol. The van der Waals surface area contributed by atoms with Crippen molar-refractivity contribution in [2.45, 2.75) is 32.2 Å². The third-order valence-corrected chi connectivity index (χ3v) is 6.37. The molecule has 6 nitrogen and oxygen atoms in total. The van der Waals surface area contributed by atoms with Crippen molar-refractivity contribution in [1.29, 1.82) is 0 Å². The summed E-state index contributed by atoms with van der Waals surface area (Å²) in [7, 11) is 0. The highest BCUT2D eigenvalue weighted by Gasteiger charge is 2.38. The zero-order valence-corrected chi connectivity index (χ0v) is 20.1. The third kappa shape index (κ3) is 6.21. The number of hydrogen-bond donors (Lipinski definition) is 0. The van der Waals surface area contributed by atoms with Crippen molar-refractivity contribution in [3.05, 3.63) is 71.8 Å². The lowest BCUT2D eigenvalue weighted by Gasteiger charge is -2.21. The second-order valence-electron chi connectivity index (χ2n) is 7.96. The molecule has 2 aromatic carbocycles. The van der Waals surface area contributed by atoms with E-state index in [1.807, 2.05) is 6.92 Å². The molecule has 0 aliphatic carbocycles. The second-order valence-corrected chi connectivity index (χ2v) is 8.97. The molecule has 4 aromatic rings. The molecule has 0 N–H and O–H groups in total. The number of anilines is 1. The monoisotopic (exact) mass is 542 g/mol. The van der Waals surface area contributed by atoms with Gasteiger partial charge in [0.25, 0.3) is 5.91 Å². The van der Waals surface area contributed by atoms with Gasteiger partial charge >= 0.3 is 12.4 Å². The van der Waals surface area contributed by atoms with Crippen LogP contribution in [-0.4, -0.2) is 33.6 Å². The highest BCUT2D eigenvalue weighted by Crippen LogP contribution is 2.38. The van der Waals surface area contributed by atoms with Gasteiger partial charge in [-0.05, 0) is 49.7 Å². The number of fused-ring (bicyclic) bond motifs is 1. The number of aromatic nitrogens is 3. The molecular formula is C24H20F6N4O2S. The van der Waals surface area contributed by atoms with E-state index >= 15 is 0 Å². The number of benzene rings is 2. The van der Waals surface area contributed by atoms with Crippen LogP contribution in [0.15, 0.2) is 55.1 Å². The van der Waals surface area contributed by atoms with Gasteiger partial charge in [-0.3, -0.25) is 9.69 Å². The first-order chi connectivity index (χ1) is 17.5. The van der Waals surface area contributed by atoms with Gasteiger partial charge < -0.3 is 9.30 Å². The van der Waals surface area contributed by atoms with Crippen LogP contribution in [0.5, 0.6) is 5.75 Å². The molecule has 0 fully saturated rings. The number of ether oxygens (including phenoxy) is 1. The molecule has 37 heavy (non-hydrogen) atoms. The summed E-state index contributed by atoms with van der Waals surface area (Å²) in [5, 5.41) is 0.144. The van der Waals surface area contributed by atoms with Gasteiger partial charge in [-0.1, -0.05) is 11.3 Å². The summed E-state index contributed by atoms with van der Waals surface area (Å²) in [6, 6.07) is 5.92. The van der Waals surface area contributed by atoms with Gasteiger partial charge in [-0.25, -0.2) is 9.97 Å². The number of imidazole rings is 1. The van der Waals surface area contributed by atoms with Gasteiger partial charge in [0.1, 0.15) is 5.75 Å². The zero-order valence-electron chi connectivity index (χ0n) is 19.3. The number of rotatable bonds is 8. The molecule has 0 saturated heterocycles. The van der Waals surface area contributed by atoms with Crippen molar-refractivity contribution >= 4 is 32.6 Å². The van der Waals surface area contributed by atoms with Crippen LogP contribution in [0.4, 0.5) is 31.5 Å². The van der Waals surface area contributed by atoms with Crippen molar-refractivity contribution in [3.63, 3.8) is 0 Å². The summed E-state index contributed by atoms with van der Waals surface area (Å²) in [5.41, 5.74) is -3.35. The van der Waals surface area contributed by atoms with Crippen LogP contribution in [0.25, 0.3) is 10.2 Å². The first kappa shape index (κ1) is 26.5. The first-order valence-corrected chi connectivity index (χ1v) is 11.9. The standard InChI is InChI=1S/C24H20F6N4O2S/c1-2-36-18-4-5-19-20(13-18)37-22(32-19)34(8-3-7-33-9-6-31-14-33)21(35)15-10-16(23(25,26)27)12-17(11-15)24(28,29)30/h4-6,9-14H,2-3,7-8H2,1H3. The van der Waals surface area contributed by atoms with Crippen LogP contribution in [0, 0.1) is 0 Å². The van der Waals surface area contributed by atoms with E-state index in [-0.39, 0.29) is 17.7 Å². The lowest BCUT2D eigenvalue weighted by molar-refractivity contribution is -0.143. The lowest BCUT2D eigenvalue weighted by atomic mass is 10.0. The summed E-state index contributed by atoms with van der Waals surface area (Å²) >= 11 is 1.09. The molecule has 0 unspecified atom stereocenters. The Kier molecular flexibility index (Phi) is 7.44. The van der Waals surface area contributed by atoms with Crippen molar-refractivity contribution in [2.24, 2.45) is 0 Å². The van der Waals surface area contributed by atoms with E-state index in [4.69, 9.17) is 4.74 Å². The van der Waals surface area contributed by atoms with E-state index in [0.717, 1.165) is 16.2 Å². The van der Waals surface area contributed by atoms with Gasteiger partial charge in [-0.2, -0.15) is 26.3 Å². The topological polar surface area (TPSA) is 60.2 Å². The minimum Gasteiger partial charge on any atom is -0.494 e. The van der Waals surface area contributed by atoms with Gasteiger partial charge in [0.2, 0.25) is 0 Å². The minimum absolute atomic E-state index is 0.00683. The van der Waals surface area contributed by atoms with Gasteiger partial charge in [0, 0.05) is 31.0 Å². The number of hydrogen-bond acceptors (Lipinski definition) is 5. The normalized spacial score (nSPS) is 12.2. The van der Waals surface area contributed by atoms with Gasteiger partial charge in [-0.15, -0.1) is 0 Å². The SMILES string of the molecule is CCOc1ccc2nc(N(CCCn3ccnc3)C(=O)c3cc(C(F)(F)F)cc(C(F)(F)F)c3)sc2c1. The van der Waals surface area contributed by atoms with Crippen molar-refractivity contribution < 1.29 is 35.9 Å². The molecule has 0 atom stereocenters. The molecule has 0 saturated carbocycles. The van der Waals surface area contributed by atoms with Gasteiger partial charge in [0.15, 0.2) is 5.13 Å². The van der Waals surface area contributed by atoms with E-state index in [1.54, 1.807) is 41.5 Å². The summed E-state index contributed by atoms with van der Waals surface area (Å²) in [6.07, 6.45) is -4.99. The van der Waals surface area contributed by atoms with Crippen molar-refractivity contribution in [1.82, 2.24) is 14.5 Å². The Labute approximate surface area is 211 Å². The highest BCUT2D eigenvalue weighted by atomic mass is 32.1. The number of nitrogens with zero attached hydrogens (tertiary/aromatic N) is 4. The Bertz CT molecular complexity index is 1350.